The molecule has 0 spiro atoms. The Morgan fingerprint density at radius 3 is 3.11 bits per heavy atom. The quantitative estimate of drug-likeness (QED) is 0.876. The molecule has 0 saturated carbocycles. The molecule has 2 heteroatoms. The number of hydrogen-bond donors (Lipinski definition) is 1. The molecule has 0 aliphatic heterocycles. The van der Waals surface area contributed by atoms with Gasteiger partial charge in [0, 0.05) is 6.04 Å². The number of benzene rings is 1. The van der Waals surface area contributed by atoms with E-state index in [1.54, 1.807) is 11.3 Å². The first-order chi connectivity index (χ1) is 8.83. The second kappa shape index (κ2) is 5.25. The molecule has 18 heavy (non-hydrogen) atoms. The van der Waals surface area contributed by atoms with Gasteiger partial charge in [0.2, 0.25) is 0 Å². The van der Waals surface area contributed by atoms with Crippen molar-refractivity contribution in [2.24, 2.45) is 0 Å². The second-order valence-electron chi connectivity index (χ2n) is 5.13. The summed E-state index contributed by atoms with van der Waals surface area (Å²) in [5, 5.41) is 8.11. The summed E-state index contributed by atoms with van der Waals surface area (Å²) >= 11 is 1.79. The molecular formula is C16H19NS. The molecule has 0 fully saturated rings. The monoisotopic (exact) mass is 257 g/mol. The highest BCUT2D eigenvalue weighted by Crippen LogP contribution is 2.31. The van der Waals surface area contributed by atoms with Crippen molar-refractivity contribution in [3.63, 3.8) is 0 Å². The first-order valence-electron chi connectivity index (χ1n) is 6.67. The zero-order chi connectivity index (χ0) is 12.4. The molecule has 1 atom stereocenters. The molecule has 3 rings (SSSR count). The van der Waals surface area contributed by atoms with E-state index in [1.807, 2.05) is 0 Å². The lowest BCUT2D eigenvalue weighted by Crippen LogP contribution is -2.21. The number of thiophene rings is 1. The van der Waals surface area contributed by atoms with Crippen molar-refractivity contribution in [3.8, 4) is 0 Å². The van der Waals surface area contributed by atoms with Crippen LogP contribution in [0.4, 0.5) is 0 Å². The van der Waals surface area contributed by atoms with Crippen molar-refractivity contribution in [3.05, 3.63) is 57.3 Å². The number of aryl methyl sites for hydroxylation is 2. The van der Waals surface area contributed by atoms with E-state index in [-0.39, 0.29) is 0 Å². The van der Waals surface area contributed by atoms with Crippen LogP contribution < -0.4 is 5.32 Å². The summed E-state index contributed by atoms with van der Waals surface area (Å²) in [6.45, 7) is 3.26. The van der Waals surface area contributed by atoms with Crippen LogP contribution in [0.5, 0.6) is 0 Å². The molecule has 1 N–H and O–H groups in total. The molecule has 1 nitrogen and oxygen atoms in total. The zero-order valence-electron chi connectivity index (χ0n) is 10.8. The van der Waals surface area contributed by atoms with Gasteiger partial charge in [-0.25, -0.2) is 0 Å². The Labute approximate surface area is 113 Å². The van der Waals surface area contributed by atoms with Crippen LogP contribution in [-0.2, 0) is 12.8 Å². The summed E-state index contributed by atoms with van der Waals surface area (Å²) in [7, 11) is 0. The van der Waals surface area contributed by atoms with Gasteiger partial charge in [-0.1, -0.05) is 23.8 Å². The molecule has 1 aromatic heterocycles. The Morgan fingerprint density at radius 1 is 1.33 bits per heavy atom. The molecule has 0 radical (unpaired) electrons. The minimum absolute atomic E-state index is 0.568. The van der Waals surface area contributed by atoms with Gasteiger partial charge in [-0.2, -0.15) is 11.3 Å². The standard InChI is InChI=1S/C16H19NS/c1-12-2-3-14-4-5-16(15(14)10-12)17-8-6-13-7-9-18-11-13/h2-3,7,9-11,16-17H,4-6,8H2,1H3. The lowest BCUT2D eigenvalue weighted by atomic mass is 10.0. The SMILES string of the molecule is Cc1ccc2c(c1)C(NCCc1ccsc1)CC2. The van der Waals surface area contributed by atoms with Crippen LogP contribution in [0.2, 0.25) is 0 Å². The fraction of sp³-hybridized carbons (Fsp3) is 0.375. The predicted molar refractivity (Wildman–Crippen MR) is 78.3 cm³/mol. The normalized spacial score (nSPS) is 17.9. The molecule has 0 amide bonds. The topological polar surface area (TPSA) is 12.0 Å². The van der Waals surface area contributed by atoms with Crippen LogP contribution in [0.15, 0.2) is 35.0 Å². The van der Waals surface area contributed by atoms with Crippen LogP contribution in [0.25, 0.3) is 0 Å². The smallest absolute Gasteiger partial charge is 0.0326 e. The van der Waals surface area contributed by atoms with E-state index in [0.29, 0.717) is 6.04 Å². The Morgan fingerprint density at radius 2 is 2.28 bits per heavy atom. The number of nitrogens with one attached hydrogen (secondary N) is 1. The number of hydrogen-bond acceptors (Lipinski definition) is 2. The van der Waals surface area contributed by atoms with Crippen LogP contribution in [-0.4, -0.2) is 6.54 Å². The average molecular weight is 257 g/mol. The highest BCUT2D eigenvalue weighted by atomic mass is 32.1. The zero-order valence-corrected chi connectivity index (χ0v) is 11.6. The van der Waals surface area contributed by atoms with Gasteiger partial charge >= 0.3 is 0 Å². The van der Waals surface area contributed by atoms with Gasteiger partial charge in [-0.05, 0) is 66.2 Å². The fourth-order valence-corrected chi connectivity index (χ4v) is 3.46. The van der Waals surface area contributed by atoms with Crippen molar-refractivity contribution in [2.75, 3.05) is 6.54 Å². The average Bonchev–Trinajstić information content (AvgIpc) is 2.99. The molecule has 0 bridgehead atoms. The summed E-state index contributed by atoms with van der Waals surface area (Å²) < 4.78 is 0. The van der Waals surface area contributed by atoms with Gasteiger partial charge in [0.05, 0.1) is 0 Å². The molecule has 1 unspecified atom stereocenters. The first-order valence-corrected chi connectivity index (χ1v) is 7.61. The van der Waals surface area contributed by atoms with Gasteiger partial charge in [0.15, 0.2) is 0 Å². The highest BCUT2D eigenvalue weighted by molar-refractivity contribution is 7.07. The Bertz CT molecular complexity index is 516. The van der Waals surface area contributed by atoms with Crippen molar-refractivity contribution in [1.29, 1.82) is 0 Å². The third-order valence-corrected chi connectivity index (χ3v) is 4.50. The summed E-state index contributed by atoms with van der Waals surface area (Å²) in [6.07, 6.45) is 3.62. The van der Waals surface area contributed by atoms with E-state index >= 15 is 0 Å². The second-order valence-corrected chi connectivity index (χ2v) is 5.91. The molecule has 94 valence electrons. The lowest BCUT2D eigenvalue weighted by molar-refractivity contribution is 0.534. The van der Waals surface area contributed by atoms with Gasteiger partial charge in [0.25, 0.3) is 0 Å². The van der Waals surface area contributed by atoms with Gasteiger partial charge in [-0.15, -0.1) is 0 Å². The van der Waals surface area contributed by atoms with Crippen molar-refractivity contribution in [2.45, 2.75) is 32.2 Å². The fourth-order valence-electron chi connectivity index (χ4n) is 2.76. The molecule has 1 aliphatic carbocycles. The molecule has 2 aromatic rings. The molecule has 0 saturated heterocycles. The summed E-state index contributed by atoms with van der Waals surface area (Å²) in [6, 6.07) is 9.67. The number of fused-ring (bicyclic) bond motifs is 1. The van der Waals surface area contributed by atoms with Crippen LogP contribution in [0, 0.1) is 6.92 Å². The third-order valence-electron chi connectivity index (χ3n) is 3.76. The highest BCUT2D eigenvalue weighted by Gasteiger charge is 2.21. The Balaban J connectivity index is 1.61. The molecular weight excluding hydrogens is 238 g/mol. The summed E-state index contributed by atoms with van der Waals surface area (Å²) in [5.74, 6) is 0. The van der Waals surface area contributed by atoms with Gasteiger partial charge in [-0.3, -0.25) is 0 Å². The molecule has 1 aliphatic rings. The predicted octanol–water partition coefficient (Wildman–Crippen LogP) is 3.88. The third kappa shape index (κ3) is 2.50. The maximum atomic E-state index is 3.71. The van der Waals surface area contributed by atoms with E-state index in [1.165, 1.54) is 35.1 Å². The van der Waals surface area contributed by atoms with E-state index in [0.717, 1.165) is 13.0 Å². The minimum atomic E-state index is 0.568. The van der Waals surface area contributed by atoms with Crippen LogP contribution in [0.1, 0.15) is 34.7 Å². The lowest BCUT2D eigenvalue weighted by Gasteiger charge is -2.14. The van der Waals surface area contributed by atoms with E-state index in [4.69, 9.17) is 0 Å². The molecule has 1 aromatic carbocycles. The van der Waals surface area contributed by atoms with Gasteiger partial charge in [0.1, 0.15) is 0 Å². The molecule has 1 heterocycles. The maximum Gasteiger partial charge on any atom is 0.0326 e. The van der Waals surface area contributed by atoms with Crippen molar-refractivity contribution >= 4 is 11.3 Å². The summed E-state index contributed by atoms with van der Waals surface area (Å²) in [4.78, 5) is 0. The Kier molecular flexibility index (Phi) is 3.48. The van der Waals surface area contributed by atoms with E-state index in [2.05, 4.69) is 47.3 Å². The minimum Gasteiger partial charge on any atom is -0.310 e. The van der Waals surface area contributed by atoms with Crippen LogP contribution in [0.3, 0.4) is 0 Å². The van der Waals surface area contributed by atoms with Crippen molar-refractivity contribution < 1.29 is 0 Å². The van der Waals surface area contributed by atoms with Crippen LogP contribution >= 0.6 is 11.3 Å². The maximum absolute atomic E-state index is 3.71. The number of rotatable bonds is 4. The van der Waals surface area contributed by atoms with Gasteiger partial charge < -0.3 is 5.32 Å². The summed E-state index contributed by atoms with van der Waals surface area (Å²) in [5.41, 5.74) is 5.89. The first kappa shape index (κ1) is 11.9. The van der Waals surface area contributed by atoms with E-state index < -0.39 is 0 Å². The van der Waals surface area contributed by atoms with Crippen molar-refractivity contribution in [1.82, 2.24) is 5.32 Å². The van der Waals surface area contributed by atoms with E-state index in [9.17, 15) is 0 Å². The Hall–Kier alpha value is -1.12. The largest absolute Gasteiger partial charge is 0.310 e.